The van der Waals surface area contributed by atoms with Crippen molar-refractivity contribution in [3.05, 3.63) is 41.3 Å². The van der Waals surface area contributed by atoms with Gasteiger partial charge in [-0.3, -0.25) is 0 Å². The lowest BCUT2D eigenvalue weighted by atomic mass is 9.63. The summed E-state index contributed by atoms with van der Waals surface area (Å²) >= 11 is 0. The minimum atomic E-state index is 0.267. The maximum atomic E-state index is 7.11. The zero-order valence-corrected chi connectivity index (χ0v) is 11.4. The Morgan fingerprint density at radius 2 is 1.65 bits per heavy atom. The van der Waals surface area contributed by atoms with Gasteiger partial charge in [0.15, 0.2) is 0 Å². The lowest BCUT2D eigenvalue weighted by molar-refractivity contribution is 0.331. The molecule has 1 aromatic rings. The average molecular weight is 225 g/mol. The van der Waals surface area contributed by atoms with Crippen molar-refractivity contribution >= 4 is 0 Å². The molecule has 89 valence electrons. The van der Waals surface area contributed by atoms with E-state index in [0.717, 1.165) is 0 Å². The Bertz CT molecular complexity index is 469. The van der Waals surface area contributed by atoms with Crippen LogP contribution in [0.3, 0.4) is 0 Å². The number of rotatable bonds is 1. The van der Waals surface area contributed by atoms with Gasteiger partial charge in [0, 0.05) is 6.42 Å². The van der Waals surface area contributed by atoms with Crippen molar-refractivity contribution in [2.24, 2.45) is 0 Å². The van der Waals surface area contributed by atoms with E-state index in [0.29, 0.717) is 6.42 Å². The van der Waals surface area contributed by atoms with Crippen LogP contribution < -0.4 is 0 Å². The first-order valence-corrected chi connectivity index (χ1v) is 6.40. The highest BCUT2D eigenvalue weighted by atomic mass is 14.4. The van der Waals surface area contributed by atoms with Crippen molar-refractivity contribution in [2.75, 3.05) is 0 Å². The lowest BCUT2D eigenvalue weighted by Gasteiger charge is -2.42. The maximum absolute atomic E-state index is 7.11. The summed E-state index contributed by atoms with van der Waals surface area (Å²) in [5, 5.41) is 0. The molecule has 0 nitrogen and oxygen atoms in total. The molecule has 2 rings (SSSR count). The predicted octanol–water partition coefficient (Wildman–Crippen LogP) is 4.17. The van der Waals surface area contributed by atoms with Gasteiger partial charge in [0.2, 0.25) is 0 Å². The molecule has 0 unspecified atom stereocenters. The summed E-state index contributed by atoms with van der Waals surface area (Å²) in [5.41, 5.74) is 4.73. The van der Waals surface area contributed by atoms with Gasteiger partial charge in [0.1, 0.15) is 0 Å². The first-order valence-electron chi connectivity index (χ1n) is 6.40. The first-order chi connectivity index (χ1) is 7.87. The van der Waals surface area contributed by atoms with Gasteiger partial charge >= 0.3 is 0 Å². The van der Waals surface area contributed by atoms with E-state index in [9.17, 15) is 0 Å². The fourth-order valence-corrected chi connectivity index (χ4v) is 2.85. The zero-order valence-electron chi connectivity index (χ0n) is 11.4. The lowest BCUT2D eigenvalue weighted by Crippen LogP contribution is -2.33. The molecule has 0 spiro atoms. The van der Waals surface area contributed by atoms with E-state index < -0.39 is 0 Å². The molecule has 0 saturated heterocycles. The highest BCUT2D eigenvalue weighted by molar-refractivity contribution is 5.44. The van der Waals surface area contributed by atoms with Crippen LogP contribution in [0.15, 0.2) is 18.2 Å². The zero-order chi connectivity index (χ0) is 12.7. The van der Waals surface area contributed by atoms with E-state index in [1.165, 1.54) is 29.5 Å². The summed E-state index contributed by atoms with van der Waals surface area (Å²) in [4.78, 5) is 0. The largest absolute Gasteiger partial charge is 0.0843 e. The molecule has 0 saturated carbocycles. The third kappa shape index (κ3) is 2.12. The maximum Gasteiger partial charge on any atom is 0.0350 e. The van der Waals surface area contributed by atoms with Gasteiger partial charge in [-0.1, -0.05) is 51.8 Å². The van der Waals surface area contributed by atoms with E-state index in [1.54, 1.807) is 0 Å². The van der Waals surface area contributed by atoms with Crippen LogP contribution in [-0.2, 0) is 17.3 Å². The van der Waals surface area contributed by atoms with Crippen LogP contribution >= 0.6 is 0 Å². The third-order valence-electron chi connectivity index (χ3n) is 4.21. The van der Waals surface area contributed by atoms with Crippen molar-refractivity contribution in [3.63, 3.8) is 0 Å². The number of hydrogen-bond donors (Lipinski definition) is 0. The van der Waals surface area contributed by atoms with E-state index in [-0.39, 0.29) is 10.8 Å². The molecule has 0 amide bonds. The van der Waals surface area contributed by atoms with Crippen LogP contribution in [0.25, 0.3) is 0 Å². The molecule has 0 heterocycles. The monoisotopic (exact) mass is 225 g/mol. The second-order valence-electron chi connectivity index (χ2n) is 6.50. The van der Waals surface area contributed by atoms with Gasteiger partial charge in [-0.05, 0) is 46.8 Å². The Labute approximate surface area is 105 Å². The smallest absolute Gasteiger partial charge is 0.0350 e. The Hall–Kier alpha value is -1.22. The molecule has 0 N–H and O–H groups in total. The summed E-state index contributed by atoms with van der Waals surface area (Å²) in [6.07, 6.45) is 10.2. The predicted molar refractivity (Wildman–Crippen MR) is 72.6 cm³/mol. The minimum absolute atomic E-state index is 0.267. The highest BCUT2D eigenvalue weighted by Gasteiger charge is 2.36. The Balaban J connectivity index is 2.57. The number of fused-ring (bicyclic) bond motifs is 1. The van der Waals surface area contributed by atoms with E-state index in [2.05, 4.69) is 51.8 Å². The molecule has 0 aromatic heterocycles. The third-order valence-corrected chi connectivity index (χ3v) is 4.21. The van der Waals surface area contributed by atoms with E-state index in [1.807, 2.05) is 0 Å². The van der Waals surface area contributed by atoms with E-state index >= 15 is 0 Å². The summed E-state index contributed by atoms with van der Waals surface area (Å²) in [5.74, 6) is 2.49. The summed E-state index contributed by atoms with van der Waals surface area (Å²) in [6.45, 7) is 9.34. The SMILES string of the molecule is [C]#CCc1ccc2c(c1)C(C)(C)CCC2(C)C. The Morgan fingerprint density at radius 1 is 1.06 bits per heavy atom. The molecular formula is C17H21. The van der Waals surface area contributed by atoms with Crippen molar-refractivity contribution in [1.82, 2.24) is 0 Å². The first kappa shape index (κ1) is 12.2. The molecule has 17 heavy (non-hydrogen) atoms. The van der Waals surface area contributed by atoms with Gasteiger partial charge in [-0.15, -0.1) is 0 Å². The van der Waals surface area contributed by atoms with Crippen molar-refractivity contribution in [2.45, 2.75) is 57.8 Å². The quantitative estimate of drug-likeness (QED) is 0.629. The molecule has 1 radical (unpaired) electrons. The van der Waals surface area contributed by atoms with Crippen LogP contribution in [0.4, 0.5) is 0 Å². The Morgan fingerprint density at radius 3 is 2.24 bits per heavy atom. The van der Waals surface area contributed by atoms with Crippen molar-refractivity contribution in [1.29, 1.82) is 0 Å². The second kappa shape index (κ2) is 3.91. The molecule has 0 bridgehead atoms. The molecule has 0 heteroatoms. The van der Waals surface area contributed by atoms with Gasteiger partial charge in [-0.2, -0.15) is 0 Å². The minimum Gasteiger partial charge on any atom is -0.0843 e. The second-order valence-corrected chi connectivity index (χ2v) is 6.50. The van der Waals surface area contributed by atoms with Crippen molar-refractivity contribution < 1.29 is 0 Å². The topological polar surface area (TPSA) is 0 Å². The van der Waals surface area contributed by atoms with Crippen LogP contribution in [0, 0.1) is 12.3 Å². The standard InChI is InChI=1S/C17H21/c1-6-7-13-8-9-14-15(12-13)17(4,5)11-10-16(14,2)3/h8-9,12H,7,10-11H2,2-5H3. The molecule has 1 aromatic carbocycles. The van der Waals surface area contributed by atoms with E-state index in [4.69, 9.17) is 6.42 Å². The fraction of sp³-hybridized carbons (Fsp3) is 0.529. The molecule has 0 aliphatic heterocycles. The average Bonchev–Trinajstić information content (AvgIpc) is 2.26. The molecule has 1 aliphatic carbocycles. The summed E-state index contributed by atoms with van der Waals surface area (Å²) in [6, 6.07) is 6.71. The highest BCUT2D eigenvalue weighted by Crippen LogP contribution is 2.45. The van der Waals surface area contributed by atoms with Crippen LogP contribution in [0.5, 0.6) is 0 Å². The number of hydrogen-bond acceptors (Lipinski definition) is 0. The van der Waals surface area contributed by atoms with Crippen molar-refractivity contribution in [3.8, 4) is 5.92 Å². The molecule has 0 atom stereocenters. The van der Waals surface area contributed by atoms with Gasteiger partial charge in [0.05, 0.1) is 0 Å². The number of benzene rings is 1. The van der Waals surface area contributed by atoms with Crippen LogP contribution in [0.1, 0.15) is 57.2 Å². The van der Waals surface area contributed by atoms with Crippen LogP contribution in [-0.4, -0.2) is 0 Å². The Kier molecular flexibility index (Phi) is 2.82. The van der Waals surface area contributed by atoms with Gasteiger partial charge in [0.25, 0.3) is 0 Å². The molecule has 0 fully saturated rings. The summed E-state index contributed by atoms with van der Waals surface area (Å²) < 4.78 is 0. The normalized spacial score (nSPS) is 20.4. The van der Waals surface area contributed by atoms with Crippen LogP contribution in [0.2, 0.25) is 0 Å². The summed E-state index contributed by atoms with van der Waals surface area (Å²) in [7, 11) is 0. The molecule has 1 aliphatic rings. The van der Waals surface area contributed by atoms with Gasteiger partial charge < -0.3 is 0 Å². The fourth-order valence-electron chi connectivity index (χ4n) is 2.85. The molecular weight excluding hydrogens is 204 g/mol. The van der Waals surface area contributed by atoms with Gasteiger partial charge in [-0.25, -0.2) is 0 Å².